The number of hydrogen-bond donors (Lipinski definition) is 3. The van der Waals surface area contributed by atoms with Gasteiger partial charge in [-0.3, -0.25) is 5.32 Å². The van der Waals surface area contributed by atoms with Crippen LogP contribution in [-0.2, 0) is 6.54 Å². The second kappa shape index (κ2) is 7.45. The lowest BCUT2D eigenvalue weighted by atomic mass is 9.87. The molecule has 0 aromatic carbocycles. The molecule has 1 unspecified atom stereocenters. The number of aliphatic hydroxyl groups is 1. The van der Waals surface area contributed by atoms with Crippen molar-refractivity contribution in [2.45, 2.75) is 53.7 Å². The SMILES string of the molecule is CC(C)Cn1nccc1NC(=O)NCC(C)(C)CC(C)O. The van der Waals surface area contributed by atoms with Gasteiger partial charge in [0.2, 0.25) is 0 Å². The third-order valence-electron chi connectivity index (χ3n) is 3.07. The van der Waals surface area contributed by atoms with Gasteiger partial charge in [0.05, 0.1) is 12.3 Å². The van der Waals surface area contributed by atoms with Crippen LogP contribution in [0.2, 0.25) is 0 Å². The zero-order chi connectivity index (χ0) is 16.0. The Morgan fingerprint density at radius 1 is 1.43 bits per heavy atom. The summed E-state index contributed by atoms with van der Waals surface area (Å²) >= 11 is 0. The number of carbonyl (C=O) groups excluding carboxylic acids is 1. The number of rotatable bonds is 7. The number of nitrogens with zero attached hydrogens (tertiary/aromatic N) is 2. The highest BCUT2D eigenvalue weighted by atomic mass is 16.3. The average molecular weight is 296 g/mol. The fraction of sp³-hybridized carbons (Fsp3) is 0.733. The Bertz CT molecular complexity index is 452. The number of hydrogen-bond acceptors (Lipinski definition) is 3. The molecular weight excluding hydrogens is 268 g/mol. The van der Waals surface area contributed by atoms with Crippen LogP contribution in [0, 0.1) is 11.3 Å². The number of urea groups is 1. The van der Waals surface area contributed by atoms with Gasteiger partial charge in [-0.25, -0.2) is 9.48 Å². The van der Waals surface area contributed by atoms with Crippen molar-refractivity contribution in [2.24, 2.45) is 11.3 Å². The van der Waals surface area contributed by atoms with Gasteiger partial charge in [-0.2, -0.15) is 5.10 Å². The smallest absolute Gasteiger partial charge is 0.320 e. The number of carbonyl (C=O) groups is 1. The predicted molar refractivity (Wildman–Crippen MR) is 84.2 cm³/mol. The molecule has 1 aromatic heterocycles. The molecule has 6 heteroatoms. The maximum Gasteiger partial charge on any atom is 0.320 e. The molecule has 1 rings (SSSR count). The summed E-state index contributed by atoms with van der Waals surface area (Å²) in [5.74, 6) is 1.15. The van der Waals surface area contributed by atoms with Crippen molar-refractivity contribution in [3.8, 4) is 0 Å². The first-order valence-electron chi connectivity index (χ1n) is 7.44. The summed E-state index contributed by atoms with van der Waals surface area (Å²) < 4.78 is 1.78. The van der Waals surface area contributed by atoms with Crippen molar-refractivity contribution in [1.82, 2.24) is 15.1 Å². The minimum absolute atomic E-state index is 0.149. The highest BCUT2D eigenvalue weighted by molar-refractivity contribution is 5.88. The van der Waals surface area contributed by atoms with Crippen molar-refractivity contribution < 1.29 is 9.90 Å². The zero-order valence-corrected chi connectivity index (χ0v) is 13.7. The quantitative estimate of drug-likeness (QED) is 0.723. The molecule has 2 amide bonds. The topological polar surface area (TPSA) is 79.2 Å². The summed E-state index contributed by atoms with van der Waals surface area (Å²) in [7, 11) is 0. The van der Waals surface area contributed by atoms with Crippen LogP contribution in [0.25, 0.3) is 0 Å². The molecule has 0 aliphatic carbocycles. The molecule has 0 aliphatic rings. The summed E-state index contributed by atoms with van der Waals surface area (Å²) in [5, 5.41) is 19.3. The Kier molecular flexibility index (Phi) is 6.20. The zero-order valence-electron chi connectivity index (χ0n) is 13.7. The molecule has 0 fully saturated rings. The van der Waals surface area contributed by atoms with Gasteiger partial charge in [-0.15, -0.1) is 0 Å². The van der Waals surface area contributed by atoms with Crippen LogP contribution in [0.15, 0.2) is 12.3 Å². The summed E-state index contributed by atoms with van der Waals surface area (Å²) in [4.78, 5) is 12.0. The molecule has 0 aliphatic heterocycles. The molecule has 0 bridgehead atoms. The van der Waals surface area contributed by atoms with Gasteiger partial charge in [-0.1, -0.05) is 27.7 Å². The molecule has 0 spiro atoms. The molecule has 1 atom stereocenters. The van der Waals surface area contributed by atoms with Gasteiger partial charge >= 0.3 is 6.03 Å². The van der Waals surface area contributed by atoms with Gasteiger partial charge < -0.3 is 10.4 Å². The monoisotopic (exact) mass is 296 g/mol. The molecule has 0 saturated carbocycles. The third kappa shape index (κ3) is 6.62. The molecule has 21 heavy (non-hydrogen) atoms. The molecule has 0 saturated heterocycles. The van der Waals surface area contributed by atoms with E-state index < -0.39 is 0 Å². The van der Waals surface area contributed by atoms with Crippen LogP contribution in [0.5, 0.6) is 0 Å². The van der Waals surface area contributed by atoms with E-state index in [0.717, 1.165) is 6.54 Å². The molecule has 3 N–H and O–H groups in total. The van der Waals surface area contributed by atoms with Crippen molar-refractivity contribution >= 4 is 11.8 Å². The van der Waals surface area contributed by atoms with Crippen molar-refractivity contribution in [3.63, 3.8) is 0 Å². The first-order chi connectivity index (χ1) is 9.69. The number of aromatic nitrogens is 2. The average Bonchev–Trinajstić information content (AvgIpc) is 2.71. The summed E-state index contributed by atoms with van der Waals surface area (Å²) in [5.41, 5.74) is -0.149. The molecule has 1 heterocycles. The number of amides is 2. The van der Waals surface area contributed by atoms with Gasteiger partial charge in [0, 0.05) is 19.2 Å². The lowest BCUT2D eigenvalue weighted by Gasteiger charge is -2.26. The van der Waals surface area contributed by atoms with Crippen LogP contribution >= 0.6 is 0 Å². The Balaban J connectivity index is 2.49. The van der Waals surface area contributed by atoms with Gasteiger partial charge in [0.1, 0.15) is 5.82 Å². The first-order valence-corrected chi connectivity index (χ1v) is 7.44. The standard InChI is InChI=1S/C15H28N4O2/c1-11(2)9-19-13(6-7-17-19)18-14(21)16-10-15(4,5)8-12(3)20/h6-7,11-12,20H,8-10H2,1-5H3,(H2,16,18,21). The number of aliphatic hydroxyl groups excluding tert-OH is 1. The normalized spacial score (nSPS) is 13.3. The fourth-order valence-electron chi connectivity index (χ4n) is 2.28. The lowest BCUT2D eigenvalue weighted by molar-refractivity contribution is 0.129. The minimum Gasteiger partial charge on any atom is -0.393 e. The Hall–Kier alpha value is -1.56. The van der Waals surface area contributed by atoms with E-state index in [1.807, 2.05) is 13.8 Å². The summed E-state index contributed by atoms with van der Waals surface area (Å²) in [6.45, 7) is 11.3. The minimum atomic E-state index is -0.377. The van der Waals surface area contributed by atoms with Crippen LogP contribution in [0.1, 0.15) is 41.0 Å². The molecule has 120 valence electrons. The van der Waals surface area contributed by atoms with Crippen LogP contribution in [-0.4, -0.2) is 33.6 Å². The Labute approximate surface area is 126 Å². The molecule has 6 nitrogen and oxygen atoms in total. The second-order valence-electron chi connectivity index (χ2n) is 6.82. The maximum absolute atomic E-state index is 12.0. The van der Waals surface area contributed by atoms with Crippen molar-refractivity contribution in [2.75, 3.05) is 11.9 Å². The molecule has 1 aromatic rings. The van der Waals surface area contributed by atoms with E-state index in [2.05, 4.69) is 29.6 Å². The first kappa shape index (κ1) is 17.5. The highest BCUT2D eigenvalue weighted by Crippen LogP contribution is 2.21. The van der Waals surface area contributed by atoms with Crippen LogP contribution in [0.3, 0.4) is 0 Å². The lowest BCUT2D eigenvalue weighted by Crippen LogP contribution is -2.38. The summed E-state index contributed by atoms with van der Waals surface area (Å²) in [6.07, 6.45) is 1.94. The summed E-state index contributed by atoms with van der Waals surface area (Å²) in [6, 6.07) is 1.53. The second-order valence-corrected chi connectivity index (χ2v) is 6.82. The Morgan fingerprint density at radius 2 is 2.10 bits per heavy atom. The molecular formula is C15H28N4O2. The number of anilines is 1. The van der Waals surface area contributed by atoms with E-state index >= 15 is 0 Å². The third-order valence-corrected chi connectivity index (χ3v) is 3.07. The largest absolute Gasteiger partial charge is 0.393 e. The maximum atomic E-state index is 12.0. The van der Waals surface area contributed by atoms with E-state index in [1.165, 1.54) is 0 Å². The van der Waals surface area contributed by atoms with Gasteiger partial charge in [-0.05, 0) is 24.7 Å². The van der Waals surface area contributed by atoms with Crippen molar-refractivity contribution in [1.29, 1.82) is 0 Å². The Morgan fingerprint density at radius 3 is 2.67 bits per heavy atom. The highest BCUT2D eigenvalue weighted by Gasteiger charge is 2.21. The number of nitrogens with one attached hydrogen (secondary N) is 2. The van der Waals surface area contributed by atoms with E-state index in [0.29, 0.717) is 24.7 Å². The van der Waals surface area contributed by atoms with E-state index in [4.69, 9.17) is 0 Å². The van der Waals surface area contributed by atoms with E-state index in [1.54, 1.807) is 23.9 Å². The van der Waals surface area contributed by atoms with E-state index in [-0.39, 0.29) is 17.6 Å². The van der Waals surface area contributed by atoms with Crippen molar-refractivity contribution in [3.05, 3.63) is 12.3 Å². The van der Waals surface area contributed by atoms with Gasteiger partial charge in [0.25, 0.3) is 0 Å². The predicted octanol–water partition coefficient (Wildman–Crippen LogP) is 2.46. The van der Waals surface area contributed by atoms with E-state index in [9.17, 15) is 9.90 Å². The van der Waals surface area contributed by atoms with Crippen LogP contribution < -0.4 is 10.6 Å². The van der Waals surface area contributed by atoms with Gasteiger partial charge in [0.15, 0.2) is 0 Å². The molecule has 0 radical (unpaired) electrons. The fourth-order valence-corrected chi connectivity index (χ4v) is 2.28. The van der Waals surface area contributed by atoms with Crippen LogP contribution in [0.4, 0.5) is 10.6 Å².